The highest BCUT2D eigenvalue weighted by Gasteiger charge is 2.38. The topological polar surface area (TPSA) is 267 Å². The third-order valence-corrected chi connectivity index (χ3v) is 9.00. The van der Waals surface area contributed by atoms with Crippen molar-refractivity contribution in [1.29, 1.82) is 0 Å². The van der Waals surface area contributed by atoms with Gasteiger partial charge in [-0.05, 0) is 35.4 Å². The Morgan fingerprint density at radius 3 is 1.25 bits per heavy atom. The first-order valence-electron chi connectivity index (χ1n) is 17.9. The summed E-state index contributed by atoms with van der Waals surface area (Å²) in [5.41, 5.74) is 12.5. The molecule has 0 heterocycles. The van der Waals surface area contributed by atoms with Gasteiger partial charge in [-0.1, -0.05) is 60.7 Å². The van der Waals surface area contributed by atoms with Crippen molar-refractivity contribution in [1.82, 2.24) is 21.3 Å². The van der Waals surface area contributed by atoms with E-state index < -0.39 is 58.8 Å². The lowest BCUT2D eigenvalue weighted by Crippen LogP contribution is -2.48. The largest absolute Gasteiger partial charge is 0.507 e. The summed E-state index contributed by atoms with van der Waals surface area (Å²) in [4.78, 5) is 76.8. The number of benzene rings is 4. The number of aromatic hydroxyl groups is 2. The van der Waals surface area contributed by atoms with Gasteiger partial charge in [-0.15, -0.1) is 0 Å². The second kappa shape index (κ2) is 19.0. The fourth-order valence-electron chi connectivity index (χ4n) is 6.27. The molecule has 0 unspecified atom stereocenters. The third-order valence-electron chi connectivity index (χ3n) is 9.00. The fourth-order valence-corrected chi connectivity index (χ4v) is 6.27. The molecule has 0 aliphatic heterocycles. The van der Waals surface area contributed by atoms with Gasteiger partial charge in [-0.2, -0.15) is 0 Å². The highest BCUT2D eigenvalue weighted by molar-refractivity contribution is 6.33. The molecule has 56 heavy (non-hydrogen) atoms. The number of nitrogens with two attached hydrogens (primary N) is 2. The van der Waals surface area contributed by atoms with Crippen molar-refractivity contribution in [3.63, 3.8) is 0 Å². The lowest BCUT2D eigenvalue weighted by molar-refractivity contribution is -0.126. The molecular weight excluding hydrogens is 720 g/mol. The quantitative estimate of drug-likeness (QED) is 0.0379. The van der Waals surface area contributed by atoms with Crippen molar-refractivity contribution < 1.29 is 39.0 Å². The van der Waals surface area contributed by atoms with E-state index in [0.717, 1.165) is 23.3 Å². The first-order chi connectivity index (χ1) is 26.9. The van der Waals surface area contributed by atoms with Gasteiger partial charge in [-0.3, -0.25) is 28.8 Å². The predicted octanol–water partition coefficient (Wildman–Crippen LogP) is 0.302. The summed E-state index contributed by atoms with van der Waals surface area (Å²) in [6.07, 6.45) is 0.481. The van der Waals surface area contributed by atoms with Gasteiger partial charge in [0, 0.05) is 50.4 Å². The zero-order valence-corrected chi connectivity index (χ0v) is 30.4. The number of ketones is 2. The highest BCUT2D eigenvalue weighted by Crippen LogP contribution is 2.42. The van der Waals surface area contributed by atoms with Gasteiger partial charge in [0.2, 0.25) is 35.2 Å². The van der Waals surface area contributed by atoms with Crippen LogP contribution in [0.5, 0.6) is 11.5 Å². The van der Waals surface area contributed by atoms with Crippen LogP contribution in [-0.4, -0.2) is 96.8 Å². The van der Waals surface area contributed by atoms with Crippen molar-refractivity contribution in [3.8, 4) is 11.5 Å². The summed E-state index contributed by atoms with van der Waals surface area (Å²) in [5.74, 6) is -4.54. The van der Waals surface area contributed by atoms with E-state index in [1.54, 1.807) is 12.1 Å². The molecule has 4 aromatic carbocycles. The van der Waals surface area contributed by atoms with Gasteiger partial charge >= 0.3 is 0 Å². The molecule has 0 saturated carbocycles. The summed E-state index contributed by atoms with van der Waals surface area (Å²) >= 11 is 0. The number of phenolic OH excluding ortho intramolecular Hbond substituents is 2. The summed E-state index contributed by atoms with van der Waals surface area (Å²) < 4.78 is 0. The van der Waals surface area contributed by atoms with Crippen molar-refractivity contribution in [2.24, 2.45) is 11.5 Å². The number of hydrogen-bond acceptors (Lipinski definition) is 12. The number of hydrogen-bond donors (Lipinski definition) is 10. The molecule has 0 radical (unpaired) electrons. The molecule has 1 aliphatic rings. The minimum absolute atomic E-state index is 0.0281. The molecule has 2 atom stereocenters. The smallest absolute Gasteiger partial charge is 0.240 e. The van der Waals surface area contributed by atoms with Crippen LogP contribution in [0.3, 0.4) is 0 Å². The van der Waals surface area contributed by atoms with Crippen molar-refractivity contribution in [2.75, 3.05) is 49.9 Å². The minimum Gasteiger partial charge on any atom is -0.507 e. The van der Waals surface area contributed by atoms with E-state index in [4.69, 9.17) is 11.5 Å². The van der Waals surface area contributed by atoms with E-state index in [1.807, 2.05) is 60.7 Å². The van der Waals surface area contributed by atoms with Gasteiger partial charge in [0.25, 0.3) is 0 Å². The number of rotatable bonds is 20. The normalized spacial score (nSPS) is 12.8. The molecule has 5 rings (SSSR count). The maximum Gasteiger partial charge on any atom is 0.240 e. The van der Waals surface area contributed by atoms with Crippen LogP contribution in [-0.2, 0) is 32.0 Å². The molecule has 0 aromatic heterocycles. The highest BCUT2D eigenvalue weighted by atomic mass is 16.3. The van der Waals surface area contributed by atoms with E-state index >= 15 is 0 Å². The molecule has 4 amide bonds. The average molecular weight is 765 g/mol. The second-order valence-corrected chi connectivity index (χ2v) is 13.1. The number of carbonyl (C=O) groups is 6. The summed E-state index contributed by atoms with van der Waals surface area (Å²) in [6, 6.07) is 21.9. The summed E-state index contributed by atoms with van der Waals surface area (Å²) in [6.45, 7) is 0.605. The van der Waals surface area contributed by atoms with Crippen LogP contribution in [0.15, 0.2) is 84.9 Å². The lowest BCUT2D eigenvalue weighted by atomic mass is 9.81. The molecule has 0 fully saturated rings. The van der Waals surface area contributed by atoms with Crippen molar-refractivity contribution >= 4 is 46.6 Å². The molecule has 16 heteroatoms. The number of anilines is 2. The summed E-state index contributed by atoms with van der Waals surface area (Å²) in [7, 11) is 0. The Bertz CT molecular complexity index is 1950. The Hall–Kier alpha value is -6.78. The van der Waals surface area contributed by atoms with Crippen LogP contribution in [0.25, 0.3) is 0 Å². The molecule has 0 saturated heterocycles. The van der Waals surface area contributed by atoms with Gasteiger partial charge in [0.15, 0.2) is 0 Å². The van der Waals surface area contributed by atoms with Crippen LogP contribution >= 0.6 is 0 Å². The van der Waals surface area contributed by atoms with Gasteiger partial charge in [0.1, 0.15) is 23.6 Å². The number of phenols is 2. The van der Waals surface area contributed by atoms with Crippen LogP contribution in [0.2, 0.25) is 0 Å². The van der Waals surface area contributed by atoms with Gasteiger partial charge in [-0.25, -0.2) is 0 Å². The Morgan fingerprint density at radius 2 is 0.893 bits per heavy atom. The van der Waals surface area contributed by atoms with Crippen LogP contribution in [0.1, 0.15) is 43.0 Å². The van der Waals surface area contributed by atoms with E-state index in [-0.39, 0.29) is 85.7 Å². The van der Waals surface area contributed by atoms with Crippen molar-refractivity contribution in [2.45, 2.75) is 24.9 Å². The van der Waals surface area contributed by atoms with Crippen LogP contribution in [0, 0.1) is 0 Å². The molecule has 16 nitrogen and oxygen atoms in total. The Morgan fingerprint density at radius 1 is 0.518 bits per heavy atom. The van der Waals surface area contributed by atoms with Crippen molar-refractivity contribution in [3.05, 3.63) is 118 Å². The maximum atomic E-state index is 13.9. The number of amides is 4. The standard InChI is InChI=1S/C40H44N8O8/c41-39(55)27(19-23-7-3-1-4-8-23)47-31(51)21-43-15-17-45-25-11-12-26(34-33(25)37(53)35-29(49)13-14-30(50)36(35)38(34)54)46-18-16-44-22-32(52)48-28(40(42)56)20-24-9-5-2-6-10-24/h1-14,27-28,43-46,49-50H,15-22H2,(H2,41,55)(H2,42,56)(H,47,51)(H,48,52)/t27-,28-/m0/s1. The molecule has 0 bridgehead atoms. The molecule has 0 spiro atoms. The molecule has 4 aromatic rings. The number of primary amides is 2. The monoisotopic (exact) mass is 764 g/mol. The zero-order chi connectivity index (χ0) is 40.2. The second-order valence-electron chi connectivity index (χ2n) is 13.1. The SMILES string of the molecule is NC(=O)[C@H](Cc1ccccc1)NC(=O)CNCCNc1ccc(NCCNCC(=O)N[C@@H](Cc2ccccc2)C(N)=O)c2c1C(=O)c1c(O)ccc(O)c1C2=O. The number of fused-ring (bicyclic) bond motifs is 2. The zero-order valence-electron chi connectivity index (χ0n) is 30.4. The minimum atomic E-state index is -0.896. The lowest BCUT2D eigenvalue weighted by Gasteiger charge is -2.25. The average Bonchev–Trinajstić information content (AvgIpc) is 3.17. The first kappa shape index (κ1) is 40.4. The Balaban J connectivity index is 1.19. The van der Waals surface area contributed by atoms with E-state index in [2.05, 4.69) is 31.9 Å². The summed E-state index contributed by atoms with van der Waals surface area (Å²) in [5, 5.41) is 38.5. The Kier molecular flexibility index (Phi) is 13.7. The molecular formula is C40H44N8O8. The Labute approximate surface area is 322 Å². The number of carbonyl (C=O) groups excluding carboxylic acids is 6. The van der Waals surface area contributed by atoms with Gasteiger partial charge in [0.05, 0.1) is 35.3 Å². The first-order valence-corrected chi connectivity index (χ1v) is 17.9. The van der Waals surface area contributed by atoms with Crippen LogP contribution < -0.4 is 43.4 Å². The maximum absolute atomic E-state index is 13.9. The van der Waals surface area contributed by atoms with E-state index in [1.165, 1.54) is 0 Å². The van der Waals surface area contributed by atoms with E-state index in [0.29, 0.717) is 0 Å². The third kappa shape index (κ3) is 10.2. The van der Waals surface area contributed by atoms with Crippen LogP contribution in [0.4, 0.5) is 11.4 Å². The van der Waals surface area contributed by atoms with Gasteiger partial charge < -0.3 is 53.6 Å². The van der Waals surface area contributed by atoms with E-state index in [9.17, 15) is 39.0 Å². The predicted molar refractivity (Wildman–Crippen MR) is 208 cm³/mol. The fraction of sp³-hybridized carbons (Fsp3) is 0.250. The molecule has 292 valence electrons. The molecule has 1 aliphatic carbocycles. The molecule has 12 N–H and O–H groups in total. The number of nitrogens with one attached hydrogen (secondary N) is 6.